The number of hydrazone groups is 1. The number of aliphatic carboxylic acids is 1. The van der Waals surface area contributed by atoms with E-state index in [1.165, 1.54) is 0 Å². The third-order valence-corrected chi connectivity index (χ3v) is 5.48. The second kappa shape index (κ2) is 8.47. The maximum atomic E-state index is 11.1. The Balaban J connectivity index is 1.58. The predicted molar refractivity (Wildman–Crippen MR) is 102 cm³/mol. The lowest BCUT2D eigenvalue weighted by molar-refractivity contribution is -0.142. The van der Waals surface area contributed by atoms with E-state index in [1.54, 1.807) is 17.6 Å². The fraction of sp³-hybridized carbons (Fsp3) is 0.333. The van der Waals surface area contributed by atoms with Crippen LogP contribution in [0.2, 0.25) is 5.02 Å². The first-order valence-electron chi connectivity index (χ1n) is 8.17. The Kier molecular flexibility index (Phi) is 6.07. The summed E-state index contributed by atoms with van der Waals surface area (Å²) < 4.78 is 0. The Morgan fingerprint density at radius 2 is 2.20 bits per heavy atom. The highest BCUT2D eigenvalue weighted by Gasteiger charge is 2.26. The molecule has 0 bridgehead atoms. The van der Waals surface area contributed by atoms with Gasteiger partial charge in [-0.05, 0) is 36.4 Å². The highest BCUT2D eigenvalue weighted by molar-refractivity contribution is 7.12. The van der Waals surface area contributed by atoms with Crippen LogP contribution in [0.1, 0.15) is 11.3 Å². The first-order valence-corrected chi connectivity index (χ1v) is 9.42. The summed E-state index contributed by atoms with van der Waals surface area (Å²) in [4.78, 5) is 12.1. The molecule has 1 aliphatic rings. The van der Waals surface area contributed by atoms with Gasteiger partial charge in [0.25, 0.3) is 0 Å². The first kappa shape index (κ1) is 17.9. The monoisotopic (exact) mass is 377 g/mol. The number of carboxylic acid groups (broad SMARTS) is 1. The van der Waals surface area contributed by atoms with E-state index in [2.05, 4.69) is 15.8 Å². The number of benzene rings is 1. The lowest BCUT2D eigenvalue weighted by Gasteiger charge is -2.27. The molecule has 3 N–H and O–H groups in total. The number of carbonyl (C=O) groups is 1. The van der Waals surface area contributed by atoms with Crippen molar-refractivity contribution in [2.45, 2.75) is 6.42 Å². The van der Waals surface area contributed by atoms with Gasteiger partial charge in [0.2, 0.25) is 0 Å². The number of thiophene rings is 1. The minimum atomic E-state index is -0.733. The van der Waals surface area contributed by atoms with E-state index in [4.69, 9.17) is 16.7 Å². The Bertz CT molecular complexity index is 762. The number of hydrogen-bond acceptors (Lipinski definition) is 5. The Morgan fingerprint density at radius 1 is 1.36 bits per heavy atom. The Morgan fingerprint density at radius 3 is 3.00 bits per heavy atom. The topological polar surface area (TPSA) is 73.7 Å². The summed E-state index contributed by atoms with van der Waals surface area (Å²) in [6, 6.07) is 9.79. The standard InChI is InChI=1S/C18H20ClN3O2S/c19-16-4-2-1-3-14(16)15-5-6-25-17(15)11-22-21-9-12-7-13(18(23)24)10-20-8-12/h1-6,11-13,20-21H,7-10H2,(H,23,24)/b22-11+/t12-,13+/m0/s1. The second-order valence-electron chi connectivity index (χ2n) is 6.09. The number of hydrogen-bond donors (Lipinski definition) is 3. The smallest absolute Gasteiger partial charge is 0.307 e. The largest absolute Gasteiger partial charge is 0.481 e. The number of halogens is 1. The van der Waals surface area contributed by atoms with Crippen LogP contribution in [0.5, 0.6) is 0 Å². The molecular formula is C18H20ClN3O2S. The molecule has 0 radical (unpaired) electrons. The van der Waals surface area contributed by atoms with E-state index >= 15 is 0 Å². The molecule has 0 amide bonds. The molecule has 7 heteroatoms. The van der Waals surface area contributed by atoms with Gasteiger partial charge < -0.3 is 15.8 Å². The Hall–Kier alpha value is -1.89. The molecule has 132 valence electrons. The van der Waals surface area contributed by atoms with E-state index in [0.717, 1.165) is 27.6 Å². The Labute approximate surface area is 155 Å². The second-order valence-corrected chi connectivity index (χ2v) is 7.45. The van der Waals surface area contributed by atoms with Crippen LogP contribution in [-0.2, 0) is 4.79 Å². The molecule has 0 unspecified atom stereocenters. The van der Waals surface area contributed by atoms with E-state index in [1.807, 2.05) is 35.7 Å². The molecule has 5 nitrogen and oxygen atoms in total. The maximum absolute atomic E-state index is 11.1. The van der Waals surface area contributed by atoms with Crippen LogP contribution < -0.4 is 10.7 Å². The fourth-order valence-electron chi connectivity index (χ4n) is 2.98. The molecule has 3 rings (SSSR count). The molecule has 1 fully saturated rings. The van der Waals surface area contributed by atoms with Gasteiger partial charge in [-0.25, -0.2) is 0 Å². The van der Waals surface area contributed by atoms with Crippen LogP contribution in [0.15, 0.2) is 40.8 Å². The summed E-state index contributed by atoms with van der Waals surface area (Å²) in [5.41, 5.74) is 5.11. The van der Waals surface area contributed by atoms with Crippen molar-refractivity contribution in [1.82, 2.24) is 10.7 Å². The molecule has 1 aromatic carbocycles. The number of piperidine rings is 1. The van der Waals surface area contributed by atoms with Gasteiger partial charge in [0.1, 0.15) is 0 Å². The summed E-state index contributed by atoms with van der Waals surface area (Å²) >= 11 is 7.88. The van der Waals surface area contributed by atoms with Gasteiger partial charge in [-0.15, -0.1) is 11.3 Å². The maximum Gasteiger partial charge on any atom is 0.307 e. The van der Waals surface area contributed by atoms with Crippen LogP contribution >= 0.6 is 22.9 Å². The molecule has 0 spiro atoms. The number of rotatable bonds is 6. The van der Waals surface area contributed by atoms with E-state index in [0.29, 0.717) is 19.5 Å². The third-order valence-electron chi connectivity index (χ3n) is 4.30. The van der Waals surface area contributed by atoms with Gasteiger partial charge >= 0.3 is 5.97 Å². The van der Waals surface area contributed by atoms with Crippen LogP contribution in [0.3, 0.4) is 0 Å². The van der Waals surface area contributed by atoms with Gasteiger partial charge in [0, 0.05) is 29.2 Å². The van der Waals surface area contributed by atoms with E-state index in [9.17, 15) is 4.79 Å². The summed E-state index contributed by atoms with van der Waals surface area (Å²) in [5.74, 6) is -0.782. The quantitative estimate of drug-likeness (QED) is 0.533. The van der Waals surface area contributed by atoms with Crippen LogP contribution in [0.4, 0.5) is 0 Å². The van der Waals surface area contributed by atoms with Gasteiger partial charge in [-0.1, -0.05) is 29.8 Å². The first-order chi connectivity index (χ1) is 12.1. The van der Waals surface area contributed by atoms with Gasteiger partial charge in [-0.3, -0.25) is 4.79 Å². The zero-order valence-electron chi connectivity index (χ0n) is 13.6. The van der Waals surface area contributed by atoms with E-state index < -0.39 is 5.97 Å². The highest BCUT2D eigenvalue weighted by atomic mass is 35.5. The average Bonchev–Trinajstić information content (AvgIpc) is 3.07. The molecular weight excluding hydrogens is 358 g/mol. The zero-order chi connectivity index (χ0) is 17.6. The van der Waals surface area contributed by atoms with Crippen molar-refractivity contribution in [2.75, 3.05) is 19.6 Å². The molecule has 2 aromatic rings. The van der Waals surface area contributed by atoms with Crippen molar-refractivity contribution >= 4 is 35.1 Å². The highest BCUT2D eigenvalue weighted by Crippen LogP contribution is 2.32. The van der Waals surface area contributed by atoms with Crippen molar-refractivity contribution in [3.8, 4) is 11.1 Å². The van der Waals surface area contributed by atoms with Crippen molar-refractivity contribution in [1.29, 1.82) is 0 Å². The van der Waals surface area contributed by atoms with Gasteiger partial charge in [0.15, 0.2) is 0 Å². The molecule has 1 aromatic heterocycles. The molecule has 2 heterocycles. The van der Waals surface area contributed by atoms with Crippen LogP contribution in [-0.4, -0.2) is 36.9 Å². The molecule has 1 saturated heterocycles. The average molecular weight is 378 g/mol. The molecule has 25 heavy (non-hydrogen) atoms. The number of nitrogens with zero attached hydrogens (tertiary/aromatic N) is 1. The lowest BCUT2D eigenvalue weighted by Crippen LogP contribution is -2.42. The SMILES string of the molecule is O=C(O)[C@H]1CNC[C@@H](CN/N=C/c2sccc2-c2ccccc2Cl)C1. The van der Waals surface area contributed by atoms with Crippen LogP contribution in [0, 0.1) is 11.8 Å². The van der Waals surface area contributed by atoms with Gasteiger partial charge in [0.05, 0.1) is 17.0 Å². The van der Waals surface area contributed by atoms with Crippen LogP contribution in [0.25, 0.3) is 11.1 Å². The lowest BCUT2D eigenvalue weighted by atomic mass is 9.91. The molecule has 2 atom stereocenters. The summed E-state index contributed by atoms with van der Waals surface area (Å²) in [6.07, 6.45) is 2.48. The molecule has 1 aliphatic heterocycles. The van der Waals surface area contributed by atoms with Crippen molar-refractivity contribution in [3.05, 3.63) is 45.6 Å². The normalized spacial score (nSPS) is 20.7. The van der Waals surface area contributed by atoms with Gasteiger partial charge in [-0.2, -0.15) is 5.10 Å². The minimum absolute atomic E-state index is 0.262. The predicted octanol–water partition coefficient (Wildman–Crippen LogP) is 3.30. The number of carboxylic acids is 1. The molecule has 0 aliphatic carbocycles. The van der Waals surface area contributed by atoms with E-state index in [-0.39, 0.29) is 11.8 Å². The number of nitrogens with one attached hydrogen (secondary N) is 2. The summed E-state index contributed by atoms with van der Waals surface area (Å²) in [7, 11) is 0. The summed E-state index contributed by atoms with van der Waals surface area (Å²) in [5, 5.41) is 19.3. The van der Waals surface area contributed by atoms with Crippen molar-refractivity contribution in [2.24, 2.45) is 16.9 Å². The third kappa shape index (κ3) is 4.60. The zero-order valence-corrected chi connectivity index (χ0v) is 15.2. The minimum Gasteiger partial charge on any atom is -0.481 e. The fourth-order valence-corrected chi connectivity index (χ4v) is 3.99. The van der Waals surface area contributed by atoms with Crippen molar-refractivity contribution in [3.63, 3.8) is 0 Å². The summed E-state index contributed by atoms with van der Waals surface area (Å²) in [6.45, 7) is 2.02. The van der Waals surface area contributed by atoms with Crippen molar-refractivity contribution < 1.29 is 9.90 Å². The molecule has 0 saturated carbocycles.